The maximum atomic E-state index is 5.79. The first-order valence-corrected chi connectivity index (χ1v) is 8.41. The number of furan rings is 1. The zero-order valence-corrected chi connectivity index (χ0v) is 14.1. The van der Waals surface area contributed by atoms with Gasteiger partial charge in [0.1, 0.15) is 17.9 Å². The molecular formula is C18H27N3O2. The van der Waals surface area contributed by atoms with E-state index < -0.39 is 0 Å². The van der Waals surface area contributed by atoms with Gasteiger partial charge in [0.05, 0.1) is 0 Å². The van der Waals surface area contributed by atoms with Gasteiger partial charge in [-0.15, -0.1) is 0 Å². The van der Waals surface area contributed by atoms with Crippen LogP contribution in [0, 0.1) is 0 Å². The van der Waals surface area contributed by atoms with Crippen LogP contribution in [0.1, 0.15) is 32.4 Å². The maximum absolute atomic E-state index is 5.79. The van der Waals surface area contributed by atoms with E-state index in [2.05, 4.69) is 22.5 Å². The largest absolute Gasteiger partial charge is 0.459 e. The second-order valence-electron chi connectivity index (χ2n) is 5.28. The molecule has 0 saturated carbocycles. The minimum absolute atomic E-state index is 0.531. The number of para-hydroxylation sites is 1. The van der Waals surface area contributed by atoms with E-state index in [1.807, 2.05) is 37.3 Å². The second kappa shape index (κ2) is 9.90. The van der Waals surface area contributed by atoms with Gasteiger partial charge >= 0.3 is 0 Å². The standard InChI is InChI=1S/C18H27N3O2/c1-3-19-18(20-11-7-8-12-22-4-2)21-14-16-13-15-9-5-6-10-17(15)23-16/h5-6,9-10,13H,3-4,7-8,11-12,14H2,1-2H3,(H2,19,20,21). The third-order valence-electron chi connectivity index (χ3n) is 3.43. The van der Waals surface area contributed by atoms with Crippen LogP contribution in [-0.2, 0) is 11.3 Å². The van der Waals surface area contributed by atoms with Gasteiger partial charge in [-0.05, 0) is 38.8 Å². The lowest BCUT2D eigenvalue weighted by molar-refractivity contribution is 0.143. The van der Waals surface area contributed by atoms with E-state index in [9.17, 15) is 0 Å². The Balaban J connectivity index is 1.82. The summed E-state index contributed by atoms with van der Waals surface area (Å²) >= 11 is 0. The third-order valence-corrected chi connectivity index (χ3v) is 3.43. The molecule has 2 aromatic rings. The number of nitrogens with one attached hydrogen (secondary N) is 2. The lowest BCUT2D eigenvalue weighted by atomic mass is 10.2. The van der Waals surface area contributed by atoms with Gasteiger partial charge in [-0.2, -0.15) is 0 Å². The molecule has 2 rings (SSSR count). The molecule has 2 N–H and O–H groups in total. The molecule has 0 aliphatic heterocycles. The normalized spacial score (nSPS) is 11.8. The summed E-state index contributed by atoms with van der Waals surface area (Å²) in [6.07, 6.45) is 2.12. The van der Waals surface area contributed by atoms with Gasteiger partial charge in [-0.1, -0.05) is 18.2 Å². The Kier molecular flexibility index (Phi) is 7.46. The van der Waals surface area contributed by atoms with Crippen molar-refractivity contribution in [3.8, 4) is 0 Å². The molecule has 0 spiro atoms. The van der Waals surface area contributed by atoms with Crippen molar-refractivity contribution in [2.45, 2.75) is 33.2 Å². The molecule has 5 heteroatoms. The summed E-state index contributed by atoms with van der Waals surface area (Å²) < 4.78 is 11.1. The van der Waals surface area contributed by atoms with Crippen molar-refractivity contribution in [1.82, 2.24) is 10.6 Å². The van der Waals surface area contributed by atoms with Crippen molar-refractivity contribution in [1.29, 1.82) is 0 Å². The van der Waals surface area contributed by atoms with E-state index in [1.165, 1.54) is 0 Å². The summed E-state index contributed by atoms with van der Waals surface area (Å²) in [5, 5.41) is 7.72. The van der Waals surface area contributed by atoms with Crippen LogP contribution >= 0.6 is 0 Å². The average Bonchev–Trinajstić information content (AvgIpc) is 2.98. The minimum Gasteiger partial charge on any atom is -0.459 e. The summed E-state index contributed by atoms with van der Waals surface area (Å²) in [6, 6.07) is 10.1. The highest BCUT2D eigenvalue weighted by Gasteiger charge is 2.03. The fraction of sp³-hybridized carbons (Fsp3) is 0.500. The quantitative estimate of drug-likeness (QED) is 0.423. The summed E-state index contributed by atoms with van der Waals surface area (Å²) in [4.78, 5) is 4.58. The number of nitrogens with zero attached hydrogens (tertiary/aromatic N) is 1. The Morgan fingerprint density at radius 3 is 2.83 bits per heavy atom. The smallest absolute Gasteiger partial charge is 0.191 e. The van der Waals surface area contributed by atoms with E-state index >= 15 is 0 Å². The number of rotatable bonds is 9. The molecule has 0 bridgehead atoms. The third kappa shape index (κ3) is 5.94. The molecule has 0 amide bonds. The zero-order chi connectivity index (χ0) is 16.3. The molecule has 5 nitrogen and oxygen atoms in total. The predicted molar refractivity (Wildman–Crippen MR) is 94.8 cm³/mol. The van der Waals surface area contributed by atoms with Crippen molar-refractivity contribution in [3.05, 3.63) is 36.1 Å². The molecule has 0 unspecified atom stereocenters. The molecule has 0 atom stereocenters. The van der Waals surface area contributed by atoms with Crippen LogP contribution in [0.15, 0.2) is 39.7 Å². The van der Waals surface area contributed by atoms with Crippen LogP contribution in [0.2, 0.25) is 0 Å². The van der Waals surface area contributed by atoms with Crippen LogP contribution < -0.4 is 10.6 Å². The van der Waals surface area contributed by atoms with Crippen LogP contribution in [0.25, 0.3) is 11.0 Å². The van der Waals surface area contributed by atoms with Crippen molar-refractivity contribution >= 4 is 16.9 Å². The fourth-order valence-electron chi connectivity index (χ4n) is 2.29. The minimum atomic E-state index is 0.531. The highest BCUT2D eigenvalue weighted by Crippen LogP contribution is 2.19. The van der Waals surface area contributed by atoms with Crippen molar-refractivity contribution in [3.63, 3.8) is 0 Å². The first-order chi connectivity index (χ1) is 11.3. The zero-order valence-electron chi connectivity index (χ0n) is 14.1. The number of hydrogen-bond donors (Lipinski definition) is 2. The molecular weight excluding hydrogens is 290 g/mol. The Morgan fingerprint density at radius 2 is 2.04 bits per heavy atom. The predicted octanol–water partition coefficient (Wildman–Crippen LogP) is 3.30. The number of benzene rings is 1. The lowest BCUT2D eigenvalue weighted by Crippen LogP contribution is -2.37. The van der Waals surface area contributed by atoms with Gasteiger partial charge < -0.3 is 19.8 Å². The highest BCUT2D eigenvalue weighted by molar-refractivity contribution is 5.80. The second-order valence-corrected chi connectivity index (χ2v) is 5.28. The molecule has 0 aliphatic carbocycles. The summed E-state index contributed by atoms with van der Waals surface area (Å²) in [5.74, 6) is 1.70. The number of hydrogen-bond acceptors (Lipinski definition) is 3. The molecule has 0 radical (unpaired) electrons. The summed E-state index contributed by atoms with van der Waals surface area (Å²) in [6.45, 7) is 7.95. The molecule has 126 valence electrons. The molecule has 1 heterocycles. The van der Waals surface area contributed by atoms with Crippen LogP contribution in [0.4, 0.5) is 0 Å². The van der Waals surface area contributed by atoms with Gasteiger partial charge in [-0.25, -0.2) is 4.99 Å². The summed E-state index contributed by atoms with van der Waals surface area (Å²) in [7, 11) is 0. The molecule has 0 fully saturated rings. The Labute approximate surface area is 138 Å². The van der Waals surface area contributed by atoms with Crippen molar-refractivity contribution in [2.24, 2.45) is 4.99 Å². The first-order valence-electron chi connectivity index (χ1n) is 8.41. The summed E-state index contributed by atoms with van der Waals surface area (Å²) in [5.41, 5.74) is 0.909. The first kappa shape index (κ1) is 17.3. The average molecular weight is 317 g/mol. The van der Waals surface area contributed by atoms with E-state index in [0.29, 0.717) is 6.54 Å². The van der Waals surface area contributed by atoms with Gasteiger partial charge in [0.15, 0.2) is 5.96 Å². The number of ether oxygens (including phenoxy) is 1. The Hall–Kier alpha value is -2.01. The Bertz CT molecular complexity index is 574. The van der Waals surface area contributed by atoms with Crippen LogP contribution in [-0.4, -0.2) is 32.3 Å². The molecule has 0 saturated heterocycles. The van der Waals surface area contributed by atoms with Crippen LogP contribution in [0.3, 0.4) is 0 Å². The number of fused-ring (bicyclic) bond motifs is 1. The van der Waals surface area contributed by atoms with Crippen LogP contribution in [0.5, 0.6) is 0 Å². The SMILES string of the molecule is CCNC(=NCc1cc2ccccc2o1)NCCCCOCC. The maximum Gasteiger partial charge on any atom is 0.191 e. The van der Waals surface area contributed by atoms with Gasteiger partial charge in [0.25, 0.3) is 0 Å². The van der Waals surface area contributed by atoms with E-state index in [0.717, 1.165) is 61.8 Å². The number of guanidine groups is 1. The van der Waals surface area contributed by atoms with Crippen molar-refractivity contribution < 1.29 is 9.15 Å². The molecule has 23 heavy (non-hydrogen) atoms. The monoisotopic (exact) mass is 317 g/mol. The van der Waals surface area contributed by atoms with E-state index in [1.54, 1.807) is 0 Å². The topological polar surface area (TPSA) is 58.8 Å². The molecule has 1 aromatic carbocycles. The van der Waals surface area contributed by atoms with Gasteiger partial charge in [0, 0.05) is 31.7 Å². The van der Waals surface area contributed by atoms with E-state index in [4.69, 9.17) is 9.15 Å². The fourth-order valence-corrected chi connectivity index (χ4v) is 2.29. The van der Waals surface area contributed by atoms with E-state index in [-0.39, 0.29) is 0 Å². The lowest BCUT2D eigenvalue weighted by Gasteiger charge is -2.10. The van der Waals surface area contributed by atoms with Gasteiger partial charge in [0.2, 0.25) is 0 Å². The van der Waals surface area contributed by atoms with Crippen molar-refractivity contribution in [2.75, 3.05) is 26.3 Å². The number of unbranched alkanes of at least 4 members (excludes halogenated alkanes) is 1. The van der Waals surface area contributed by atoms with Gasteiger partial charge in [-0.3, -0.25) is 0 Å². The molecule has 1 aromatic heterocycles. The number of aliphatic imine (C=N–C) groups is 1. The Morgan fingerprint density at radius 1 is 1.17 bits per heavy atom. The molecule has 0 aliphatic rings. The highest BCUT2D eigenvalue weighted by atomic mass is 16.5.